The Morgan fingerprint density at radius 1 is 1.27 bits per heavy atom. The van der Waals surface area contributed by atoms with E-state index in [0.29, 0.717) is 45.4 Å². The summed E-state index contributed by atoms with van der Waals surface area (Å²) in [6, 6.07) is 12.9. The number of halogens is 1. The van der Waals surface area contributed by atoms with Crippen molar-refractivity contribution in [1.82, 2.24) is 15.2 Å². The van der Waals surface area contributed by atoms with Gasteiger partial charge in [-0.25, -0.2) is 4.98 Å². The van der Waals surface area contributed by atoms with Crippen molar-refractivity contribution in [2.45, 2.75) is 19.8 Å². The zero-order valence-corrected chi connectivity index (χ0v) is 21.9. The van der Waals surface area contributed by atoms with Gasteiger partial charge in [0.25, 0.3) is 5.91 Å². The minimum Gasteiger partial charge on any atom is -0.457 e. The lowest BCUT2D eigenvalue weighted by Crippen LogP contribution is -2.39. The van der Waals surface area contributed by atoms with Crippen LogP contribution in [0.4, 0.5) is 11.4 Å². The Balaban J connectivity index is 1.46. The number of carbonyl (C=O) groups is 1. The number of benzene rings is 2. The number of hydrogen-bond donors (Lipinski definition) is 2. The van der Waals surface area contributed by atoms with Crippen LogP contribution in [0.15, 0.2) is 60.2 Å². The summed E-state index contributed by atoms with van der Waals surface area (Å²) in [5.41, 5.74) is 9.75. The topological polar surface area (TPSA) is 106 Å². The van der Waals surface area contributed by atoms with E-state index in [9.17, 15) is 4.79 Å². The Kier molecular flexibility index (Phi) is 7.64. The molecule has 5 rings (SSSR count). The Labute approximate surface area is 224 Å². The van der Waals surface area contributed by atoms with Gasteiger partial charge < -0.3 is 20.7 Å². The van der Waals surface area contributed by atoms with Crippen LogP contribution in [0.3, 0.4) is 0 Å². The zero-order valence-electron chi connectivity index (χ0n) is 20.4. The number of carbonyl (C=O) groups excluding carboxylic acids is 1. The highest BCUT2D eigenvalue weighted by molar-refractivity contribution is 7.13. The molecule has 1 atom stereocenters. The average Bonchev–Trinajstić information content (AvgIpc) is 3.42. The first kappa shape index (κ1) is 25.1. The molecular weight excluding hydrogens is 508 g/mol. The molecule has 1 fully saturated rings. The van der Waals surface area contributed by atoms with Crippen molar-refractivity contribution in [3.8, 4) is 22.1 Å². The van der Waals surface area contributed by atoms with E-state index in [2.05, 4.69) is 25.4 Å². The van der Waals surface area contributed by atoms with Crippen LogP contribution in [0.1, 0.15) is 28.9 Å². The number of amides is 1. The summed E-state index contributed by atoms with van der Waals surface area (Å²) >= 11 is 7.55. The van der Waals surface area contributed by atoms with Gasteiger partial charge >= 0.3 is 0 Å². The number of rotatable bonds is 7. The molecule has 2 aromatic carbocycles. The summed E-state index contributed by atoms with van der Waals surface area (Å²) in [4.78, 5) is 20.1. The number of hydrogen-bond acceptors (Lipinski definition) is 8. The predicted molar refractivity (Wildman–Crippen MR) is 148 cm³/mol. The molecule has 0 spiro atoms. The summed E-state index contributed by atoms with van der Waals surface area (Å²) in [5.74, 6) is 1.47. The maximum atomic E-state index is 13.3. The quantitative estimate of drug-likeness (QED) is 0.309. The maximum absolute atomic E-state index is 13.3. The van der Waals surface area contributed by atoms with Crippen molar-refractivity contribution in [2.75, 3.05) is 29.9 Å². The van der Waals surface area contributed by atoms with Crippen LogP contribution in [0.5, 0.6) is 11.5 Å². The summed E-state index contributed by atoms with van der Waals surface area (Å²) < 4.78 is 6.20. The molecule has 0 radical (unpaired) electrons. The van der Waals surface area contributed by atoms with Gasteiger partial charge in [-0.1, -0.05) is 17.7 Å². The fourth-order valence-electron chi connectivity index (χ4n) is 4.53. The Hall–Kier alpha value is -3.53. The minimum atomic E-state index is -0.277. The first-order valence-corrected chi connectivity index (χ1v) is 13.3. The van der Waals surface area contributed by atoms with Crippen molar-refractivity contribution in [2.24, 2.45) is 11.7 Å². The Bertz CT molecular complexity index is 1400. The van der Waals surface area contributed by atoms with E-state index in [4.69, 9.17) is 22.1 Å². The van der Waals surface area contributed by atoms with Crippen molar-refractivity contribution < 1.29 is 9.53 Å². The molecule has 1 aliphatic heterocycles. The molecule has 2 aromatic heterocycles. The standard InChI is InChI=1S/C27H27ClN6O2S/c1-17-24(36-21-6-2-5-20(28)12-21)8-7-22(25(17)34-11-3-4-18(13-29)15-34)32-26(35)23-16-37-27(33-23)19-9-10-30-31-14-19/h2,5-10,12,14,16,18H,3-4,11,13,15,29H2,1H3,(H,32,35)/t18-/m0/s1. The van der Waals surface area contributed by atoms with Crippen LogP contribution in [-0.2, 0) is 0 Å². The number of piperidine rings is 1. The fourth-order valence-corrected chi connectivity index (χ4v) is 5.50. The van der Waals surface area contributed by atoms with Gasteiger partial charge in [0, 0.05) is 34.6 Å². The van der Waals surface area contributed by atoms with Gasteiger partial charge in [0.05, 0.1) is 23.8 Å². The van der Waals surface area contributed by atoms with E-state index in [-0.39, 0.29) is 5.91 Å². The van der Waals surface area contributed by atoms with E-state index in [1.807, 2.05) is 37.3 Å². The third-order valence-electron chi connectivity index (χ3n) is 6.39. The van der Waals surface area contributed by atoms with Gasteiger partial charge in [-0.15, -0.1) is 11.3 Å². The third kappa shape index (κ3) is 5.74. The molecule has 0 saturated carbocycles. The van der Waals surface area contributed by atoms with Gasteiger partial charge in [-0.2, -0.15) is 10.2 Å². The second-order valence-electron chi connectivity index (χ2n) is 8.96. The molecule has 10 heteroatoms. The molecule has 0 unspecified atom stereocenters. The first-order valence-electron chi connectivity index (χ1n) is 12.1. The zero-order chi connectivity index (χ0) is 25.8. The van der Waals surface area contributed by atoms with E-state index in [1.165, 1.54) is 11.3 Å². The van der Waals surface area contributed by atoms with Crippen LogP contribution < -0.4 is 20.7 Å². The van der Waals surface area contributed by atoms with E-state index in [0.717, 1.165) is 42.7 Å². The fraction of sp³-hybridized carbons (Fsp3) is 0.259. The number of anilines is 2. The lowest BCUT2D eigenvalue weighted by atomic mass is 9.96. The van der Waals surface area contributed by atoms with Gasteiger partial charge in [0.2, 0.25) is 0 Å². The number of aromatic nitrogens is 3. The summed E-state index contributed by atoms with van der Waals surface area (Å²) in [7, 11) is 0. The molecule has 0 bridgehead atoms. The Morgan fingerprint density at radius 2 is 2.16 bits per heavy atom. The van der Waals surface area contributed by atoms with Crippen LogP contribution in [0.25, 0.3) is 10.6 Å². The van der Waals surface area contributed by atoms with E-state index in [1.54, 1.807) is 29.9 Å². The second-order valence-corrected chi connectivity index (χ2v) is 10.3. The number of nitrogens with zero attached hydrogens (tertiary/aromatic N) is 4. The minimum absolute atomic E-state index is 0.277. The molecule has 3 N–H and O–H groups in total. The van der Waals surface area contributed by atoms with E-state index < -0.39 is 0 Å². The number of ether oxygens (including phenoxy) is 1. The highest BCUT2D eigenvalue weighted by atomic mass is 35.5. The van der Waals surface area contributed by atoms with E-state index >= 15 is 0 Å². The monoisotopic (exact) mass is 534 g/mol. The largest absolute Gasteiger partial charge is 0.457 e. The first-order chi connectivity index (χ1) is 18.0. The van der Waals surface area contributed by atoms with Gasteiger partial charge in [-0.05, 0) is 68.6 Å². The maximum Gasteiger partial charge on any atom is 0.275 e. The lowest BCUT2D eigenvalue weighted by molar-refractivity contribution is 0.102. The highest BCUT2D eigenvalue weighted by Crippen LogP contribution is 2.40. The van der Waals surface area contributed by atoms with Crippen molar-refractivity contribution in [3.05, 3.63) is 76.5 Å². The SMILES string of the molecule is Cc1c(Oc2cccc(Cl)c2)ccc(NC(=O)c2csc(-c3ccnnc3)n2)c1N1CCC[C@@H](CN)C1. The highest BCUT2D eigenvalue weighted by Gasteiger charge is 2.25. The molecule has 37 heavy (non-hydrogen) atoms. The van der Waals surface area contributed by atoms with Gasteiger partial charge in [0.1, 0.15) is 22.2 Å². The average molecular weight is 535 g/mol. The van der Waals surface area contributed by atoms with Crippen LogP contribution in [0, 0.1) is 12.8 Å². The lowest BCUT2D eigenvalue weighted by Gasteiger charge is -2.36. The molecule has 1 aliphatic rings. The van der Waals surface area contributed by atoms with Crippen LogP contribution in [-0.4, -0.2) is 40.7 Å². The second kappa shape index (κ2) is 11.2. The molecule has 190 valence electrons. The molecule has 1 saturated heterocycles. The summed E-state index contributed by atoms with van der Waals surface area (Å²) in [6.07, 6.45) is 5.36. The number of thiazole rings is 1. The van der Waals surface area contributed by atoms with Crippen molar-refractivity contribution in [1.29, 1.82) is 0 Å². The molecule has 8 nitrogen and oxygen atoms in total. The predicted octanol–water partition coefficient (Wildman–Crippen LogP) is 5.78. The van der Waals surface area contributed by atoms with Gasteiger partial charge in [-0.3, -0.25) is 4.79 Å². The Morgan fingerprint density at radius 3 is 2.95 bits per heavy atom. The summed E-state index contributed by atoms with van der Waals surface area (Å²) in [6.45, 7) is 4.32. The number of nitrogens with one attached hydrogen (secondary N) is 1. The van der Waals surface area contributed by atoms with Gasteiger partial charge in [0.15, 0.2) is 0 Å². The smallest absolute Gasteiger partial charge is 0.275 e. The van der Waals surface area contributed by atoms with Crippen molar-refractivity contribution >= 4 is 40.2 Å². The van der Waals surface area contributed by atoms with Crippen LogP contribution >= 0.6 is 22.9 Å². The molecular formula is C27H27ClN6O2S. The third-order valence-corrected chi connectivity index (χ3v) is 7.52. The molecule has 1 amide bonds. The van der Waals surface area contributed by atoms with Crippen molar-refractivity contribution in [3.63, 3.8) is 0 Å². The molecule has 0 aliphatic carbocycles. The molecule has 3 heterocycles. The van der Waals surface area contributed by atoms with Crippen LogP contribution in [0.2, 0.25) is 5.02 Å². The number of nitrogens with two attached hydrogens (primary N) is 1. The normalized spacial score (nSPS) is 15.4. The molecule has 4 aromatic rings. The summed E-state index contributed by atoms with van der Waals surface area (Å²) in [5, 5.41) is 13.8.